The number of cyclic esters (lactones) is 1. The summed E-state index contributed by atoms with van der Waals surface area (Å²) in [7, 11) is 6.11. The first kappa shape index (κ1) is 55.8. The Labute approximate surface area is 395 Å². The van der Waals surface area contributed by atoms with Gasteiger partial charge in [-0.05, 0) is 113 Å². The van der Waals surface area contributed by atoms with E-state index in [1.807, 2.05) is 52.0 Å². The van der Waals surface area contributed by atoms with Gasteiger partial charge in [0.05, 0.1) is 30.5 Å². The van der Waals surface area contributed by atoms with Gasteiger partial charge in [-0.3, -0.25) is 9.59 Å². The first-order chi connectivity index (χ1) is 31.3. The largest absolute Gasteiger partial charge is 0.460 e. The van der Waals surface area contributed by atoms with Crippen LogP contribution in [-0.2, 0) is 42.8 Å². The van der Waals surface area contributed by atoms with Crippen molar-refractivity contribution in [2.45, 2.75) is 192 Å². The highest BCUT2D eigenvalue weighted by atomic mass is 16.7. The van der Waals surface area contributed by atoms with Crippen LogP contribution in [0.1, 0.15) is 126 Å². The third-order valence-electron chi connectivity index (χ3n) is 15.2. The van der Waals surface area contributed by atoms with Crippen LogP contribution in [-0.4, -0.2) is 145 Å². The summed E-state index contributed by atoms with van der Waals surface area (Å²) in [5, 5.41) is 45.6. The molecule has 0 radical (unpaired) electrons. The highest BCUT2D eigenvalue weighted by Crippen LogP contribution is 2.41. The smallest absolute Gasteiger partial charge is 0.329 e. The summed E-state index contributed by atoms with van der Waals surface area (Å²) in [6.07, 6.45) is 10.6. The average Bonchev–Trinajstić information content (AvgIpc) is 3.30. The minimum absolute atomic E-state index is 0.0986. The molecule has 66 heavy (non-hydrogen) atoms. The quantitative estimate of drug-likeness (QED) is 0.162. The first-order valence-corrected chi connectivity index (χ1v) is 24.6. The number of aliphatic hydroxyl groups excluding tert-OH is 4. The van der Waals surface area contributed by atoms with E-state index < -0.39 is 72.4 Å². The molecule has 14 heteroatoms. The van der Waals surface area contributed by atoms with Gasteiger partial charge in [-0.25, -0.2) is 4.79 Å². The third kappa shape index (κ3) is 14.4. The van der Waals surface area contributed by atoms with E-state index in [9.17, 15) is 34.8 Å². The molecule has 17 atom stereocenters. The van der Waals surface area contributed by atoms with Crippen LogP contribution in [0.2, 0.25) is 0 Å². The van der Waals surface area contributed by atoms with Crippen molar-refractivity contribution in [2.24, 2.45) is 35.5 Å². The van der Waals surface area contributed by atoms with Crippen LogP contribution in [0.15, 0.2) is 47.6 Å². The molecule has 3 aliphatic heterocycles. The van der Waals surface area contributed by atoms with Gasteiger partial charge in [0, 0.05) is 59.7 Å². The molecule has 1 aliphatic carbocycles. The Hall–Kier alpha value is -2.79. The molecule has 0 aromatic carbocycles. The fourth-order valence-electron chi connectivity index (χ4n) is 10.8. The van der Waals surface area contributed by atoms with E-state index in [1.165, 1.54) is 19.1 Å². The van der Waals surface area contributed by atoms with Crippen LogP contribution in [0.3, 0.4) is 0 Å². The normalized spacial score (nSPS) is 42.2. The maximum atomic E-state index is 14.6. The molecule has 0 aromatic heterocycles. The molecule has 4 rings (SSSR count). The van der Waals surface area contributed by atoms with Gasteiger partial charge in [-0.1, -0.05) is 71.1 Å². The molecular weight excluding hydrogens is 847 g/mol. The molecule has 376 valence electrons. The lowest BCUT2D eigenvalue weighted by atomic mass is 9.78. The van der Waals surface area contributed by atoms with Gasteiger partial charge in [0.1, 0.15) is 30.1 Å². The highest BCUT2D eigenvalue weighted by Gasteiger charge is 2.54. The lowest BCUT2D eigenvalue weighted by Crippen LogP contribution is -2.63. The van der Waals surface area contributed by atoms with Gasteiger partial charge in [0.25, 0.3) is 5.91 Å². The molecule has 1 saturated carbocycles. The van der Waals surface area contributed by atoms with Gasteiger partial charge >= 0.3 is 5.97 Å². The maximum Gasteiger partial charge on any atom is 0.329 e. The number of carbonyl (C=O) groups excluding carboxylic acids is 3. The number of esters is 1. The highest BCUT2D eigenvalue weighted by molar-refractivity contribution is 5.88. The Kier molecular flexibility index (Phi) is 22.2. The summed E-state index contributed by atoms with van der Waals surface area (Å²) in [5.41, 5.74) is 1.43. The predicted octanol–water partition coefficient (Wildman–Crippen LogP) is 6.42. The Morgan fingerprint density at radius 1 is 0.833 bits per heavy atom. The fraction of sp³-hybridized carbons (Fsp3) is 0.788. The molecule has 15 unspecified atom stereocenters. The minimum Gasteiger partial charge on any atom is -0.460 e. The second-order valence-corrected chi connectivity index (χ2v) is 20.1. The number of allylic oxidation sites excluding steroid dienone is 6. The first-order valence-electron chi connectivity index (χ1n) is 24.6. The van der Waals surface area contributed by atoms with Gasteiger partial charge in [0.15, 0.2) is 6.10 Å². The van der Waals surface area contributed by atoms with Crippen molar-refractivity contribution in [3.05, 3.63) is 47.6 Å². The van der Waals surface area contributed by atoms with E-state index in [1.54, 1.807) is 34.1 Å². The Morgan fingerprint density at radius 2 is 1.56 bits per heavy atom. The summed E-state index contributed by atoms with van der Waals surface area (Å²) < 4.78 is 36.2. The van der Waals surface area contributed by atoms with Crippen molar-refractivity contribution in [2.75, 3.05) is 35.0 Å². The molecule has 2 bridgehead atoms. The molecule has 1 amide bonds. The number of hydrogen-bond acceptors (Lipinski definition) is 13. The van der Waals surface area contributed by atoms with E-state index in [2.05, 4.69) is 13.0 Å². The fourth-order valence-corrected chi connectivity index (χ4v) is 10.8. The van der Waals surface area contributed by atoms with E-state index in [4.69, 9.17) is 28.4 Å². The van der Waals surface area contributed by atoms with Crippen LogP contribution >= 0.6 is 0 Å². The van der Waals surface area contributed by atoms with Crippen molar-refractivity contribution in [3.8, 4) is 0 Å². The summed E-state index contributed by atoms with van der Waals surface area (Å²) in [6, 6.07) is -1.01. The summed E-state index contributed by atoms with van der Waals surface area (Å²) in [4.78, 5) is 44.7. The monoisotopic (exact) mass is 932 g/mol. The number of hydrogen-bond donors (Lipinski definition) is 4. The molecule has 4 aliphatic rings. The maximum absolute atomic E-state index is 14.6. The summed E-state index contributed by atoms with van der Waals surface area (Å²) in [5.74, 6) is -4.56. The summed E-state index contributed by atoms with van der Waals surface area (Å²) in [6.45, 7) is 13.5. The van der Waals surface area contributed by atoms with E-state index in [0.717, 1.165) is 12.0 Å². The zero-order valence-electron chi connectivity index (χ0n) is 41.8. The molecule has 0 spiro atoms. The molecule has 4 N–H and O–H groups in total. The molecule has 3 fully saturated rings. The topological polar surface area (TPSA) is 191 Å². The number of rotatable bonds is 7. The van der Waals surface area contributed by atoms with Crippen molar-refractivity contribution in [1.82, 2.24) is 4.90 Å². The zero-order valence-corrected chi connectivity index (χ0v) is 41.8. The lowest BCUT2D eigenvalue weighted by Gasteiger charge is -2.48. The number of amides is 1. The number of Topliss-reactive ketones (excluding diaryl/α,β-unsaturated/α-hetero) is 1. The number of ether oxygens (including phenoxy) is 6. The predicted molar refractivity (Wildman–Crippen MR) is 252 cm³/mol. The van der Waals surface area contributed by atoms with Crippen LogP contribution < -0.4 is 0 Å². The zero-order chi connectivity index (χ0) is 48.9. The van der Waals surface area contributed by atoms with Gasteiger partial charge in [0.2, 0.25) is 5.79 Å². The third-order valence-corrected chi connectivity index (χ3v) is 15.2. The van der Waals surface area contributed by atoms with E-state index >= 15 is 0 Å². The van der Waals surface area contributed by atoms with Gasteiger partial charge in [-0.15, -0.1) is 0 Å². The Balaban J connectivity index is 1.72. The van der Waals surface area contributed by atoms with Crippen LogP contribution in [0.5, 0.6) is 0 Å². The van der Waals surface area contributed by atoms with Crippen LogP contribution in [0.4, 0.5) is 0 Å². The second-order valence-electron chi connectivity index (χ2n) is 20.1. The summed E-state index contributed by atoms with van der Waals surface area (Å²) >= 11 is 0. The molecular formula is C52H85NO13. The van der Waals surface area contributed by atoms with E-state index in [0.29, 0.717) is 69.8 Å². The number of methoxy groups -OCH3 is 4. The SMILES string of the molecule is COC1CC2CC[C@@H](C)C(OC)(O2)C(O)C(=O)N2CCCCC2C(=O)OC(C(C)CC2CCC(O)C(OC)C2)CC(=O)C(C)/C=C(\C)C(O)C(OC)C(O)[C@H](C)CC(C)/C=C/C=C/C=C/1C. The number of nitrogens with zero attached hydrogens (tertiary/aromatic N) is 1. The van der Waals surface area contributed by atoms with E-state index in [-0.39, 0.29) is 60.5 Å². The van der Waals surface area contributed by atoms with Crippen molar-refractivity contribution in [3.63, 3.8) is 0 Å². The second kappa shape index (κ2) is 26.3. The Bertz CT molecular complexity index is 1680. The van der Waals surface area contributed by atoms with Crippen molar-refractivity contribution >= 4 is 17.7 Å². The van der Waals surface area contributed by atoms with Crippen molar-refractivity contribution in [1.29, 1.82) is 0 Å². The standard InChI is InChI=1S/C52H85NO13/c1-31-17-13-12-14-18-32(2)43(61-8)29-39-22-20-37(7)52(64-11,66-39)49(58)50(59)53-24-16-15-19-40(53)51(60)65-44(34(4)27-38-21-23-41(54)45(28-38)62-9)30-42(55)33(3)26-36(6)47(57)48(63-10)46(56)35(5)25-31/h12-14,17-18,26,31,33-35,37-41,43-49,54,56-58H,15-16,19-25,27-30H2,1-11H3/b14-12+,17-13+,32-18+,36-26+/t31?,33?,34?,35-,37-,38?,39?,40?,41?,43?,44?,45?,46?,47?,48?,49?,52?/m1/s1. The number of ketones is 1. The number of fused-ring (bicyclic) bond motifs is 3. The van der Waals surface area contributed by atoms with Gasteiger partial charge in [-0.2, -0.15) is 0 Å². The number of carbonyl (C=O) groups is 3. The average molecular weight is 932 g/mol. The van der Waals surface area contributed by atoms with Gasteiger partial charge < -0.3 is 53.7 Å². The molecule has 2 saturated heterocycles. The van der Waals surface area contributed by atoms with Crippen LogP contribution in [0, 0.1) is 35.5 Å². The number of aliphatic hydroxyl groups is 4. The van der Waals surface area contributed by atoms with Crippen molar-refractivity contribution < 1.29 is 63.2 Å². The lowest BCUT2D eigenvalue weighted by molar-refractivity contribution is -0.328. The molecule has 14 nitrogen and oxygen atoms in total. The van der Waals surface area contributed by atoms with Crippen LogP contribution in [0.25, 0.3) is 0 Å². The minimum atomic E-state index is -1.75. The number of piperidine rings is 1. The molecule has 3 heterocycles. The molecule has 0 aromatic rings. The Morgan fingerprint density at radius 3 is 2.23 bits per heavy atom.